The van der Waals surface area contributed by atoms with Crippen LogP contribution in [0.15, 0.2) is 6.20 Å². The van der Waals surface area contributed by atoms with E-state index in [4.69, 9.17) is 4.55 Å². The molecule has 0 aliphatic carbocycles. The molecule has 11 heteroatoms. The second-order valence-electron chi connectivity index (χ2n) is 5.21. The van der Waals surface area contributed by atoms with Gasteiger partial charge in [-0.05, 0) is 19.8 Å². The van der Waals surface area contributed by atoms with Crippen molar-refractivity contribution in [1.82, 2.24) is 25.0 Å². The topological polar surface area (TPSA) is 118 Å². The molecular weight excluding hydrogens is 302 g/mol. The Bertz CT molecular complexity index is 659. The number of carbonyl (C=O) groups excluding carboxylic acids is 1. The van der Waals surface area contributed by atoms with Gasteiger partial charge in [-0.3, -0.25) is 4.55 Å². The van der Waals surface area contributed by atoms with Gasteiger partial charge in [-0.25, -0.2) is 9.48 Å². The van der Waals surface area contributed by atoms with Gasteiger partial charge in [0.25, 0.3) is 0 Å². The maximum Gasteiger partial charge on any atom is 0.418 e. The molecule has 1 N–H and O–H groups in total. The molecule has 0 aromatic carbocycles. The largest absolute Gasteiger partial charge is 0.418 e. The standard InChI is InChI=1S/C10H15N5O5S/c1-7-4-11-12-14(7)6-8-2-3-9-5-13(8)10(16)15(9)20-21(17,18)19/h4,8-9H,2-3,5-6H2,1H3,(H,17,18,19). The zero-order valence-corrected chi connectivity index (χ0v) is 12.1. The quantitative estimate of drug-likeness (QED) is 0.750. The summed E-state index contributed by atoms with van der Waals surface area (Å²) in [5.41, 5.74) is 0.884. The first-order valence-corrected chi connectivity index (χ1v) is 7.83. The van der Waals surface area contributed by atoms with Gasteiger partial charge in [0.2, 0.25) is 0 Å². The predicted molar refractivity (Wildman–Crippen MR) is 68.1 cm³/mol. The lowest BCUT2D eigenvalue weighted by Crippen LogP contribution is -2.42. The molecule has 3 heterocycles. The molecule has 0 spiro atoms. The van der Waals surface area contributed by atoms with Crippen molar-refractivity contribution in [2.24, 2.45) is 0 Å². The van der Waals surface area contributed by atoms with Crippen molar-refractivity contribution in [3.8, 4) is 0 Å². The van der Waals surface area contributed by atoms with Crippen LogP contribution in [0.25, 0.3) is 0 Å². The van der Waals surface area contributed by atoms with Crippen molar-refractivity contribution in [2.75, 3.05) is 6.54 Å². The van der Waals surface area contributed by atoms with E-state index in [1.165, 1.54) is 0 Å². The lowest BCUT2D eigenvalue weighted by molar-refractivity contribution is -0.0317. The van der Waals surface area contributed by atoms with Crippen LogP contribution in [0.4, 0.5) is 4.79 Å². The van der Waals surface area contributed by atoms with E-state index in [0.29, 0.717) is 25.9 Å². The number of fused-ring (bicyclic) bond motifs is 2. The molecule has 2 atom stereocenters. The Morgan fingerprint density at radius 1 is 1.48 bits per heavy atom. The summed E-state index contributed by atoms with van der Waals surface area (Å²) in [6.07, 6.45) is 2.92. The lowest BCUT2D eigenvalue weighted by atomic mass is 10.0. The fourth-order valence-corrected chi connectivity index (χ4v) is 3.18. The molecule has 2 aliphatic heterocycles. The number of hydrogen-bond acceptors (Lipinski definition) is 6. The number of rotatable bonds is 4. The van der Waals surface area contributed by atoms with Crippen LogP contribution in [0.3, 0.4) is 0 Å². The third-order valence-electron chi connectivity index (χ3n) is 3.82. The number of piperidine rings is 1. The molecule has 0 saturated carbocycles. The predicted octanol–water partition coefficient (Wildman–Crippen LogP) is -0.410. The molecule has 1 aromatic rings. The first-order valence-electron chi connectivity index (χ1n) is 6.47. The van der Waals surface area contributed by atoms with Crippen LogP contribution in [0.2, 0.25) is 0 Å². The summed E-state index contributed by atoms with van der Waals surface area (Å²) in [4.78, 5) is 13.7. The van der Waals surface area contributed by atoms with E-state index in [-0.39, 0.29) is 12.1 Å². The fraction of sp³-hybridized carbons (Fsp3) is 0.700. The van der Waals surface area contributed by atoms with Crippen LogP contribution >= 0.6 is 0 Å². The Labute approximate surface area is 121 Å². The van der Waals surface area contributed by atoms with Crippen molar-refractivity contribution in [2.45, 2.75) is 38.4 Å². The van der Waals surface area contributed by atoms with Crippen molar-refractivity contribution in [3.63, 3.8) is 0 Å². The van der Waals surface area contributed by atoms with E-state index in [1.54, 1.807) is 15.8 Å². The normalized spacial score (nSPS) is 25.7. The highest BCUT2D eigenvalue weighted by Gasteiger charge is 2.47. The maximum absolute atomic E-state index is 12.2. The Kier molecular flexibility index (Phi) is 3.34. The van der Waals surface area contributed by atoms with E-state index in [2.05, 4.69) is 14.6 Å². The molecular formula is C10H15N5O5S. The van der Waals surface area contributed by atoms with E-state index in [0.717, 1.165) is 10.8 Å². The van der Waals surface area contributed by atoms with Crippen LogP contribution in [0.5, 0.6) is 0 Å². The number of hydroxylamine groups is 2. The van der Waals surface area contributed by atoms with Crippen molar-refractivity contribution < 1.29 is 22.0 Å². The van der Waals surface area contributed by atoms with Gasteiger partial charge < -0.3 is 4.90 Å². The summed E-state index contributed by atoms with van der Waals surface area (Å²) in [5.74, 6) is 0. The molecule has 116 valence electrons. The monoisotopic (exact) mass is 317 g/mol. The summed E-state index contributed by atoms with van der Waals surface area (Å²) in [7, 11) is -4.70. The van der Waals surface area contributed by atoms with Gasteiger partial charge in [-0.1, -0.05) is 5.21 Å². The number of carbonyl (C=O) groups is 1. The molecule has 2 aliphatic rings. The second kappa shape index (κ2) is 4.93. The minimum absolute atomic E-state index is 0.107. The smallest absolute Gasteiger partial charge is 0.316 e. The number of hydrogen-bond donors (Lipinski definition) is 1. The molecule has 21 heavy (non-hydrogen) atoms. The third kappa shape index (κ3) is 2.71. The Morgan fingerprint density at radius 3 is 2.86 bits per heavy atom. The van der Waals surface area contributed by atoms with Gasteiger partial charge >= 0.3 is 16.4 Å². The first-order chi connectivity index (χ1) is 9.85. The van der Waals surface area contributed by atoms with Gasteiger partial charge in [0, 0.05) is 6.54 Å². The third-order valence-corrected chi connectivity index (χ3v) is 4.17. The van der Waals surface area contributed by atoms with E-state index < -0.39 is 16.4 Å². The van der Waals surface area contributed by atoms with Crippen LogP contribution in [0.1, 0.15) is 18.5 Å². The summed E-state index contributed by atoms with van der Waals surface area (Å²) in [5, 5.41) is 8.48. The van der Waals surface area contributed by atoms with Crippen molar-refractivity contribution in [1.29, 1.82) is 0 Å². The van der Waals surface area contributed by atoms with Crippen molar-refractivity contribution in [3.05, 3.63) is 11.9 Å². The number of nitrogens with zero attached hydrogens (tertiary/aromatic N) is 5. The zero-order chi connectivity index (χ0) is 15.2. The molecule has 10 nitrogen and oxygen atoms in total. The fourth-order valence-electron chi connectivity index (χ4n) is 2.79. The molecule has 2 unspecified atom stereocenters. The number of aromatic nitrogens is 3. The lowest BCUT2D eigenvalue weighted by Gasteiger charge is -2.30. The van der Waals surface area contributed by atoms with Crippen LogP contribution < -0.4 is 0 Å². The first kappa shape index (κ1) is 14.2. The maximum atomic E-state index is 12.2. The van der Waals surface area contributed by atoms with Gasteiger partial charge in [0.15, 0.2) is 0 Å². The minimum atomic E-state index is -4.70. The van der Waals surface area contributed by atoms with Gasteiger partial charge in [-0.2, -0.15) is 13.5 Å². The Hall–Kier alpha value is -1.72. The minimum Gasteiger partial charge on any atom is -0.316 e. The van der Waals surface area contributed by atoms with E-state index in [9.17, 15) is 13.2 Å². The molecule has 3 rings (SSSR count). The van der Waals surface area contributed by atoms with Crippen LogP contribution in [-0.2, 0) is 21.2 Å². The molecule has 2 saturated heterocycles. The average molecular weight is 317 g/mol. The Balaban J connectivity index is 1.75. The highest BCUT2D eigenvalue weighted by Crippen LogP contribution is 2.31. The van der Waals surface area contributed by atoms with E-state index >= 15 is 0 Å². The van der Waals surface area contributed by atoms with E-state index in [1.807, 2.05) is 6.92 Å². The van der Waals surface area contributed by atoms with Gasteiger partial charge in [0.05, 0.1) is 30.5 Å². The number of aryl methyl sites for hydroxylation is 1. The van der Waals surface area contributed by atoms with Gasteiger partial charge in [-0.15, -0.1) is 9.38 Å². The zero-order valence-electron chi connectivity index (χ0n) is 11.3. The summed E-state index contributed by atoms with van der Waals surface area (Å²) in [6, 6.07) is -1.03. The molecule has 0 radical (unpaired) electrons. The highest BCUT2D eigenvalue weighted by molar-refractivity contribution is 7.80. The van der Waals surface area contributed by atoms with Crippen molar-refractivity contribution >= 4 is 16.4 Å². The van der Waals surface area contributed by atoms with Gasteiger partial charge in [0.1, 0.15) is 0 Å². The second-order valence-corrected chi connectivity index (χ2v) is 6.21. The molecule has 2 fully saturated rings. The average Bonchev–Trinajstić information content (AvgIpc) is 2.89. The summed E-state index contributed by atoms with van der Waals surface area (Å²) in [6.45, 7) is 2.72. The number of urea groups is 1. The highest BCUT2D eigenvalue weighted by atomic mass is 32.3. The van der Waals surface area contributed by atoms with Crippen LogP contribution in [0, 0.1) is 6.92 Å². The molecule has 2 bridgehead atoms. The summed E-state index contributed by atoms with van der Waals surface area (Å²) < 4.78 is 36.4. The SMILES string of the molecule is Cc1cnnn1CC1CCC2CN1C(=O)N2OS(=O)(=O)O. The number of amides is 2. The van der Waals surface area contributed by atoms with Crippen LogP contribution in [-0.4, -0.2) is 62.6 Å². The summed E-state index contributed by atoms with van der Waals surface area (Å²) >= 11 is 0. The molecule has 1 aromatic heterocycles. The Morgan fingerprint density at radius 2 is 2.24 bits per heavy atom. The molecule has 2 amide bonds.